The number of carbonyl (C=O) groups is 1. The lowest BCUT2D eigenvalue weighted by atomic mass is 10.3. The van der Waals surface area contributed by atoms with Gasteiger partial charge in [-0.3, -0.25) is 0 Å². The molecule has 20 heavy (non-hydrogen) atoms. The number of para-hydroxylation sites is 1. The van der Waals surface area contributed by atoms with Crippen LogP contribution in [0.2, 0.25) is 5.02 Å². The molecule has 0 atom stereocenters. The van der Waals surface area contributed by atoms with Crippen LogP contribution in [0.5, 0.6) is 5.75 Å². The van der Waals surface area contributed by atoms with E-state index < -0.39 is 5.97 Å². The number of ether oxygens (including phenoxy) is 1. The van der Waals surface area contributed by atoms with Gasteiger partial charge in [0.25, 0.3) is 11.6 Å². The van der Waals surface area contributed by atoms with E-state index in [1.54, 1.807) is 36.5 Å². The fourth-order valence-corrected chi connectivity index (χ4v) is 1.84. The first-order valence-corrected chi connectivity index (χ1v) is 6.18. The summed E-state index contributed by atoms with van der Waals surface area (Å²) in [5.41, 5.74) is 0.819. The highest BCUT2D eigenvalue weighted by Crippen LogP contribution is 2.23. The van der Waals surface area contributed by atoms with E-state index in [-0.39, 0.29) is 11.6 Å². The van der Waals surface area contributed by atoms with E-state index in [0.29, 0.717) is 10.8 Å². The van der Waals surface area contributed by atoms with Crippen LogP contribution in [0.3, 0.4) is 0 Å². The lowest BCUT2D eigenvalue weighted by molar-refractivity contribution is 0.0722. The highest BCUT2D eigenvalue weighted by Gasteiger charge is 2.17. The van der Waals surface area contributed by atoms with Crippen molar-refractivity contribution in [2.24, 2.45) is 0 Å². The van der Waals surface area contributed by atoms with Crippen molar-refractivity contribution >= 4 is 23.3 Å². The molecule has 2 aromatic heterocycles. The average molecular weight is 289 g/mol. The molecule has 0 aliphatic carbocycles. The van der Waals surface area contributed by atoms with Gasteiger partial charge in [0.15, 0.2) is 0 Å². The Hall–Kier alpha value is -2.47. The van der Waals surface area contributed by atoms with E-state index in [1.807, 2.05) is 6.92 Å². The first kappa shape index (κ1) is 12.6. The Morgan fingerprint density at radius 1 is 1.30 bits per heavy atom. The van der Waals surface area contributed by atoms with E-state index in [0.717, 1.165) is 5.69 Å². The molecule has 0 unspecified atom stereocenters. The van der Waals surface area contributed by atoms with Crippen LogP contribution in [-0.2, 0) is 0 Å². The van der Waals surface area contributed by atoms with Gasteiger partial charge in [-0.2, -0.15) is 4.98 Å². The molecule has 6 nitrogen and oxygen atoms in total. The third-order valence-electron chi connectivity index (χ3n) is 2.65. The molecule has 0 spiro atoms. The standard InChI is InChI=1S/C13H9ClN4O2/c1-8-6-7-15-13-16-11(17-18(8)13)12(19)20-10-5-3-2-4-9(10)14/h2-7H,1H3. The van der Waals surface area contributed by atoms with Crippen LogP contribution in [0.15, 0.2) is 36.5 Å². The number of benzene rings is 1. The summed E-state index contributed by atoms with van der Waals surface area (Å²) in [5, 5.41) is 4.41. The minimum atomic E-state index is -0.678. The van der Waals surface area contributed by atoms with Gasteiger partial charge >= 0.3 is 5.97 Å². The molecule has 0 radical (unpaired) electrons. The second kappa shape index (κ2) is 4.90. The molecule has 0 N–H and O–H groups in total. The number of esters is 1. The molecule has 0 amide bonds. The van der Waals surface area contributed by atoms with Crippen molar-refractivity contribution in [3.05, 3.63) is 53.1 Å². The van der Waals surface area contributed by atoms with E-state index in [2.05, 4.69) is 15.1 Å². The van der Waals surface area contributed by atoms with Crippen molar-refractivity contribution in [3.63, 3.8) is 0 Å². The number of halogens is 1. The maximum Gasteiger partial charge on any atom is 0.383 e. The average Bonchev–Trinajstić information content (AvgIpc) is 2.87. The van der Waals surface area contributed by atoms with Crippen LogP contribution in [-0.4, -0.2) is 25.6 Å². The van der Waals surface area contributed by atoms with E-state index in [4.69, 9.17) is 16.3 Å². The van der Waals surface area contributed by atoms with E-state index in [9.17, 15) is 4.79 Å². The fourth-order valence-electron chi connectivity index (χ4n) is 1.67. The number of rotatable bonds is 2. The largest absolute Gasteiger partial charge is 0.419 e. The van der Waals surface area contributed by atoms with Gasteiger partial charge in [-0.15, -0.1) is 5.10 Å². The molecule has 0 saturated carbocycles. The normalized spacial score (nSPS) is 10.7. The Balaban J connectivity index is 1.93. The van der Waals surface area contributed by atoms with Gasteiger partial charge in [0, 0.05) is 11.9 Å². The van der Waals surface area contributed by atoms with Crippen LogP contribution >= 0.6 is 11.6 Å². The zero-order chi connectivity index (χ0) is 14.1. The van der Waals surface area contributed by atoms with Crippen molar-refractivity contribution in [2.45, 2.75) is 6.92 Å². The molecule has 2 heterocycles. The maximum atomic E-state index is 12.0. The molecule has 0 saturated heterocycles. The Morgan fingerprint density at radius 2 is 2.10 bits per heavy atom. The third-order valence-corrected chi connectivity index (χ3v) is 2.96. The zero-order valence-corrected chi connectivity index (χ0v) is 11.2. The van der Waals surface area contributed by atoms with Gasteiger partial charge in [0.2, 0.25) is 0 Å². The molecule has 3 aromatic rings. The molecule has 100 valence electrons. The van der Waals surface area contributed by atoms with Gasteiger partial charge in [0.1, 0.15) is 5.75 Å². The summed E-state index contributed by atoms with van der Waals surface area (Å²) in [6.07, 6.45) is 1.60. The van der Waals surface area contributed by atoms with Crippen LogP contribution in [0.4, 0.5) is 0 Å². The smallest absolute Gasteiger partial charge is 0.383 e. The number of aryl methyl sites for hydroxylation is 1. The first-order valence-electron chi connectivity index (χ1n) is 5.80. The van der Waals surface area contributed by atoms with Gasteiger partial charge in [-0.05, 0) is 25.1 Å². The minimum absolute atomic E-state index is 0.0632. The number of hydrogen-bond acceptors (Lipinski definition) is 5. The van der Waals surface area contributed by atoms with E-state index in [1.165, 1.54) is 4.52 Å². The van der Waals surface area contributed by atoms with Gasteiger partial charge in [-0.25, -0.2) is 14.3 Å². The number of carbonyl (C=O) groups excluding carboxylic acids is 1. The second-order valence-electron chi connectivity index (χ2n) is 4.05. The van der Waals surface area contributed by atoms with Gasteiger partial charge < -0.3 is 4.74 Å². The van der Waals surface area contributed by atoms with Crippen molar-refractivity contribution in [2.75, 3.05) is 0 Å². The van der Waals surface area contributed by atoms with Crippen LogP contribution in [0.1, 0.15) is 16.3 Å². The predicted octanol–water partition coefficient (Wildman–Crippen LogP) is 2.31. The third kappa shape index (κ3) is 2.21. The Bertz CT molecular complexity index is 800. The highest BCUT2D eigenvalue weighted by atomic mass is 35.5. The molecule has 1 aromatic carbocycles. The summed E-state index contributed by atoms with van der Waals surface area (Å²) >= 11 is 5.92. The summed E-state index contributed by atoms with van der Waals surface area (Å²) < 4.78 is 6.64. The van der Waals surface area contributed by atoms with Crippen LogP contribution in [0.25, 0.3) is 5.78 Å². The summed E-state index contributed by atoms with van der Waals surface area (Å²) in [4.78, 5) is 20.0. The molecule has 0 fully saturated rings. The molecule has 0 aliphatic rings. The second-order valence-corrected chi connectivity index (χ2v) is 4.46. The van der Waals surface area contributed by atoms with Crippen molar-refractivity contribution < 1.29 is 9.53 Å². The summed E-state index contributed by atoms with van der Waals surface area (Å²) in [7, 11) is 0. The zero-order valence-electron chi connectivity index (χ0n) is 10.4. The van der Waals surface area contributed by atoms with Crippen molar-refractivity contribution in [1.29, 1.82) is 0 Å². The number of fused-ring (bicyclic) bond motifs is 1. The van der Waals surface area contributed by atoms with Crippen molar-refractivity contribution in [1.82, 2.24) is 19.6 Å². The van der Waals surface area contributed by atoms with Crippen LogP contribution in [0, 0.1) is 6.92 Å². The number of hydrogen-bond donors (Lipinski definition) is 0. The number of aromatic nitrogens is 4. The number of nitrogens with zero attached hydrogens (tertiary/aromatic N) is 4. The SMILES string of the molecule is Cc1ccnc2nc(C(=O)Oc3ccccc3Cl)nn12. The Labute approximate surface area is 119 Å². The Kier molecular flexibility index (Phi) is 3.08. The minimum Gasteiger partial charge on any atom is -0.419 e. The fraction of sp³-hybridized carbons (Fsp3) is 0.0769. The maximum absolute atomic E-state index is 12.0. The quantitative estimate of drug-likeness (QED) is 0.534. The lowest BCUT2D eigenvalue weighted by Gasteiger charge is -2.02. The summed E-state index contributed by atoms with van der Waals surface area (Å²) in [6, 6.07) is 8.46. The topological polar surface area (TPSA) is 69.4 Å². The van der Waals surface area contributed by atoms with Gasteiger partial charge in [-0.1, -0.05) is 23.7 Å². The van der Waals surface area contributed by atoms with E-state index >= 15 is 0 Å². The molecular formula is C13H9ClN4O2. The highest BCUT2D eigenvalue weighted by molar-refractivity contribution is 6.32. The van der Waals surface area contributed by atoms with Crippen LogP contribution < -0.4 is 4.74 Å². The summed E-state index contributed by atoms with van der Waals surface area (Å²) in [5.74, 6) is -0.131. The molecular weight excluding hydrogens is 280 g/mol. The molecule has 0 bridgehead atoms. The molecule has 7 heteroatoms. The molecule has 3 rings (SSSR count). The van der Waals surface area contributed by atoms with Crippen molar-refractivity contribution in [3.8, 4) is 5.75 Å². The monoisotopic (exact) mass is 288 g/mol. The molecule has 0 aliphatic heterocycles. The van der Waals surface area contributed by atoms with Gasteiger partial charge in [0.05, 0.1) is 5.02 Å². The predicted molar refractivity (Wildman–Crippen MR) is 71.9 cm³/mol. The lowest BCUT2D eigenvalue weighted by Crippen LogP contribution is -2.11. The Morgan fingerprint density at radius 3 is 2.85 bits per heavy atom. The summed E-state index contributed by atoms with van der Waals surface area (Å²) in [6.45, 7) is 1.84. The first-order chi connectivity index (χ1) is 9.65.